The second-order valence-electron chi connectivity index (χ2n) is 3.75. The highest BCUT2D eigenvalue weighted by molar-refractivity contribution is 5.78. The Kier molecular flexibility index (Phi) is 3.49. The summed E-state index contributed by atoms with van der Waals surface area (Å²) >= 11 is 0. The van der Waals surface area contributed by atoms with Gasteiger partial charge in [0.15, 0.2) is 0 Å². The SMILES string of the molecule is CNC(COC)c1ccc2cccnc2c1. The first kappa shape index (κ1) is 11.0. The van der Waals surface area contributed by atoms with E-state index in [1.54, 1.807) is 7.11 Å². The van der Waals surface area contributed by atoms with E-state index in [2.05, 4.69) is 34.6 Å². The molecule has 0 radical (unpaired) electrons. The number of hydrogen-bond donors (Lipinski definition) is 1. The molecule has 0 fully saturated rings. The van der Waals surface area contributed by atoms with Crippen LogP contribution in [0.25, 0.3) is 10.9 Å². The lowest BCUT2D eigenvalue weighted by molar-refractivity contribution is 0.170. The summed E-state index contributed by atoms with van der Waals surface area (Å²) in [6.07, 6.45) is 1.82. The monoisotopic (exact) mass is 216 g/mol. The summed E-state index contributed by atoms with van der Waals surface area (Å²) in [5, 5.41) is 4.40. The van der Waals surface area contributed by atoms with Gasteiger partial charge in [-0.15, -0.1) is 0 Å². The highest BCUT2D eigenvalue weighted by atomic mass is 16.5. The number of pyridine rings is 1. The lowest BCUT2D eigenvalue weighted by Crippen LogP contribution is -2.20. The van der Waals surface area contributed by atoms with Gasteiger partial charge in [-0.2, -0.15) is 0 Å². The van der Waals surface area contributed by atoms with E-state index in [1.807, 2.05) is 19.3 Å². The molecule has 1 unspecified atom stereocenters. The smallest absolute Gasteiger partial charge is 0.0705 e. The molecule has 1 N–H and O–H groups in total. The van der Waals surface area contributed by atoms with Gasteiger partial charge in [0.25, 0.3) is 0 Å². The number of ether oxygens (including phenoxy) is 1. The van der Waals surface area contributed by atoms with E-state index in [4.69, 9.17) is 4.74 Å². The average molecular weight is 216 g/mol. The lowest BCUT2D eigenvalue weighted by Gasteiger charge is -2.15. The van der Waals surface area contributed by atoms with Crippen molar-refractivity contribution in [2.75, 3.05) is 20.8 Å². The molecule has 0 saturated heterocycles. The van der Waals surface area contributed by atoms with Crippen molar-refractivity contribution >= 4 is 10.9 Å². The third kappa shape index (κ3) is 2.21. The number of nitrogens with zero attached hydrogens (tertiary/aromatic N) is 1. The predicted octanol–water partition coefficient (Wildman–Crippen LogP) is 2.14. The summed E-state index contributed by atoms with van der Waals surface area (Å²) in [6.45, 7) is 0.662. The third-order valence-electron chi connectivity index (χ3n) is 2.71. The molecule has 2 aromatic rings. The zero-order valence-corrected chi connectivity index (χ0v) is 9.60. The molecular formula is C13H16N2O. The number of nitrogens with one attached hydrogen (secondary N) is 1. The molecule has 0 amide bonds. The summed E-state index contributed by atoms with van der Waals surface area (Å²) in [5.74, 6) is 0. The lowest BCUT2D eigenvalue weighted by atomic mass is 10.1. The van der Waals surface area contributed by atoms with Crippen molar-refractivity contribution in [1.29, 1.82) is 0 Å². The summed E-state index contributed by atoms with van der Waals surface area (Å²) < 4.78 is 5.18. The highest BCUT2D eigenvalue weighted by Crippen LogP contribution is 2.18. The van der Waals surface area contributed by atoms with Crippen LogP contribution in [-0.2, 0) is 4.74 Å². The Hall–Kier alpha value is -1.45. The van der Waals surface area contributed by atoms with E-state index in [9.17, 15) is 0 Å². The minimum absolute atomic E-state index is 0.219. The Morgan fingerprint density at radius 1 is 1.38 bits per heavy atom. The van der Waals surface area contributed by atoms with Crippen molar-refractivity contribution in [2.45, 2.75) is 6.04 Å². The van der Waals surface area contributed by atoms with Crippen molar-refractivity contribution < 1.29 is 4.74 Å². The summed E-state index contributed by atoms with van der Waals surface area (Å²) in [4.78, 5) is 4.35. The highest BCUT2D eigenvalue weighted by Gasteiger charge is 2.08. The van der Waals surface area contributed by atoms with Gasteiger partial charge >= 0.3 is 0 Å². The van der Waals surface area contributed by atoms with Crippen LogP contribution in [0.4, 0.5) is 0 Å². The second kappa shape index (κ2) is 5.05. The number of benzene rings is 1. The van der Waals surface area contributed by atoms with Gasteiger partial charge in [-0.05, 0) is 24.7 Å². The van der Waals surface area contributed by atoms with Crippen LogP contribution in [-0.4, -0.2) is 25.7 Å². The van der Waals surface area contributed by atoms with Crippen molar-refractivity contribution in [3.8, 4) is 0 Å². The predicted molar refractivity (Wildman–Crippen MR) is 65.4 cm³/mol. The molecule has 84 valence electrons. The number of rotatable bonds is 4. The summed E-state index contributed by atoms with van der Waals surface area (Å²) in [7, 11) is 3.65. The molecule has 2 rings (SSSR count). The molecule has 16 heavy (non-hydrogen) atoms. The molecular weight excluding hydrogens is 200 g/mol. The Labute approximate surface area is 95.5 Å². The minimum atomic E-state index is 0.219. The maximum Gasteiger partial charge on any atom is 0.0705 e. The molecule has 1 heterocycles. The van der Waals surface area contributed by atoms with Gasteiger partial charge in [-0.3, -0.25) is 4.98 Å². The van der Waals surface area contributed by atoms with E-state index in [1.165, 1.54) is 10.9 Å². The fraction of sp³-hybridized carbons (Fsp3) is 0.308. The number of hydrogen-bond acceptors (Lipinski definition) is 3. The molecule has 3 nitrogen and oxygen atoms in total. The number of fused-ring (bicyclic) bond motifs is 1. The fourth-order valence-corrected chi connectivity index (χ4v) is 1.81. The van der Waals surface area contributed by atoms with Crippen LogP contribution in [0.5, 0.6) is 0 Å². The Morgan fingerprint density at radius 2 is 2.25 bits per heavy atom. The zero-order chi connectivity index (χ0) is 11.4. The van der Waals surface area contributed by atoms with E-state index >= 15 is 0 Å². The standard InChI is InChI=1S/C13H16N2O/c1-14-13(9-16-2)11-6-5-10-4-3-7-15-12(10)8-11/h3-8,13-14H,9H2,1-2H3. The Bertz CT molecular complexity index is 470. The zero-order valence-electron chi connectivity index (χ0n) is 9.60. The average Bonchev–Trinajstić information content (AvgIpc) is 2.35. The minimum Gasteiger partial charge on any atom is -0.383 e. The second-order valence-corrected chi connectivity index (χ2v) is 3.75. The van der Waals surface area contributed by atoms with Gasteiger partial charge in [0.05, 0.1) is 18.2 Å². The van der Waals surface area contributed by atoms with Crippen LogP contribution < -0.4 is 5.32 Å². The van der Waals surface area contributed by atoms with Gasteiger partial charge in [-0.1, -0.05) is 18.2 Å². The first-order valence-electron chi connectivity index (χ1n) is 5.36. The van der Waals surface area contributed by atoms with Crippen molar-refractivity contribution in [2.24, 2.45) is 0 Å². The molecule has 0 aliphatic carbocycles. The molecule has 0 saturated carbocycles. The largest absolute Gasteiger partial charge is 0.383 e. The molecule has 0 aliphatic heterocycles. The van der Waals surface area contributed by atoms with Crippen molar-refractivity contribution in [3.05, 3.63) is 42.1 Å². The quantitative estimate of drug-likeness (QED) is 0.850. The van der Waals surface area contributed by atoms with E-state index < -0.39 is 0 Å². The molecule has 0 aliphatic rings. The summed E-state index contributed by atoms with van der Waals surface area (Å²) in [5.41, 5.74) is 2.23. The van der Waals surface area contributed by atoms with E-state index in [0.29, 0.717) is 6.61 Å². The third-order valence-corrected chi connectivity index (χ3v) is 2.71. The van der Waals surface area contributed by atoms with E-state index in [-0.39, 0.29) is 6.04 Å². The first-order valence-corrected chi connectivity index (χ1v) is 5.36. The summed E-state index contributed by atoms with van der Waals surface area (Å²) in [6, 6.07) is 10.6. The molecule has 0 bridgehead atoms. The molecule has 1 aromatic carbocycles. The first-order chi connectivity index (χ1) is 7.85. The normalized spacial score (nSPS) is 12.9. The van der Waals surface area contributed by atoms with Gasteiger partial charge < -0.3 is 10.1 Å². The Morgan fingerprint density at radius 3 is 3.00 bits per heavy atom. The number of methoxy groups -OCH3 is 1. The van der Waals surface area contributed by atoms with Gasteiger partial charge in [0.2, 0.25) is 0 Å². The molecule has 1 atom stereocenters. The fourth-order valence-electron chi connectivity index (χ4n) is 1.81. The van der Waals surface area contributed by atoms with E-state index in [0.717, 1.165) is 5.52 Å². The van der Waals surface area contributed by atoms with Crippen LogP contribution in [0.2, 0.25) is 0 Å². The van der Waals surface area contributed by atoms with Gasteiger partial charge in [0, 0.05) is 18.7 Å². The van der Waals surface area contributed by atoms with Gasteiger partial charge in [-0.25, -0.2) is 0 Å². The molecule has 3 heteroatoms. The van der Waals surface area contributed by atoms with Crippen molar-refractivity contribution in [3.63, 3.8) is 0 Å². The number of aromatic nitrogens is 1. The van der Waals surface area contributed by atoms with Crippen LogP contribution in [0.1, 0.15) is 11.6 Å². The van der Waals surface area contributed by atoms with Gasteiger partial charge in [0.1, 0.15) is 0 Å². The van der Waals surface area contributed by atoms with Crippen LogP contribution in [0.3, 0.4) is 0 Å². The topological polar surface area (TPSA) is 34.1 Å². The van der Waals surface area contributed by atoms with Crippen LogP contribution in [0, 0.1) is 0 Å². The van der Waals surface area contributed by atoms with Crippen LogP contribution in [0.15, 0.2) is 36.5 Å². The molecule has 0 spiro atoms. The maximum atomic E-state index is 5.18. The van der Waals surface area contributed by atoms with Crippen molar-refractivity contribution in [1.82, 2.24) is 10.3 Å². The maximum absolute atomic E-state index is 5.18. The Balaban J connectivity index is 2.37. The molecule has 1 aromatic heterocycles. The van der Waals surface area contributed by atoms with Crippen LogP contribution >= 0.6 is 0 Å². The number of likely N-dealkylation sites (N-methyl/N-ethyl adjacent to an activating group) is 1.